The van der Waals surface area contributed by atoms with Gasteiger partial charge in [-0.25, -0.2) is 0 Å². The summed E-state index contributed by atoms with van der Waals surface area (Å²) >= 11 is 5.83. The molecule has 0 aliphatic carbocycles. The number of nitrogens with two attached hydrogens (primary N) is 1. The molecule has 0 unspecified atom stereocenters. The fourth-order valence-corrected chi connectivity index (χ4v) is 2.77. The zero-order chi connectivity index (χ0) is 16.8. The van der Waals surface area contributed by atoms with E-state index < -0.39 is 29.7 Å². The van der Waals surface area contributed by atoms with Gasteiger partial charge in [-0.05, 0) is 35.9 Å². The van der Waals surface area contributed by atoms with Gasteiger partial charge in [0.25, 0.3) is 0 Å². The highest BCUT2D eigenvalue weighted by molar-refractivity contribution is 6.30. The van der Waals surface area contributed by atoms with Gasteiger partial charge in [0.2, 0.25) is 5.91 Å². The second-order valence-corrected chi connectivity index (χ2v) is 5.71. The van der Waals surface area contributed by atoms with Gasteiger partial charge in [-0.2, -0.15) is 13.2 Å². The quantitative estimate of drug-likeness (QED) is 0.846. The van der Waals surface area contributed by atoms with Crippen LogP contribution in [0.5, 0.6) is 0 Å². The van der Waals surface area contributed by atoms with Crippen molar-refractivity contribution < 1.29 is 18.0 Å². The van der Waals surface area contributed by atoms with Gasteiger partial charge >= 0.3 is 6.18 Å². The Kier molecular flexibility index (Phi) is 3.82. The van der Waals surface area contributed by atoms with Crippen LogP contribution in [0.3, 0.4) is 0 Å². The molecule has 0 bridgehead atoms. The lowest BCUT2D eigenvalue weighted by Gasteiger charge is -2.45. The van der Waals surface area contributed by atoms with E-state index in [2.05, 4.69) is 0 Å². The summed E-state index contributed by atoms with van der Waals surface area (Å²) in [7, 11) is 0. The van der Waals surface area contributed by atoms with Crippen molar-refractivity contribution in [3.05, 3.63) is 64.7 Å². The van der Waals surface area contributed by atoms with Crippen LogP contribution in [-0.2, 0) is 11.0 Å². The summed E-state index contributed by atoms with van der Waals surface area (Å²) < 4.78 is 38.5. The minimum Gasteiger partial charge on any atom is -0.318 e. The molecule has 0 radical (unpaired) electrons. The molecule has 2 N–H and O–H groups in total. The van der Waals surface area contributed by atoms with Crippen molar-refractivity contribution in [2.75, 3.05) is 4.90 Å². The third-order valence-corrected chi connectivity index (χ3v) is 4.06. The summed E-state index contributed by atoms with van der Waals surface area (Å²) in [6.45, 7) is 0. The zero-order valence-electron chi connectivity index (χ0n) is 11.7. The Morgan fingerprint density at radius 3 is 2.35 bits per heavy atom. The van der Waals surface area contributed by atoms with Crippen molar-refractivity contribution >= 4 is 23.2 Å². The van der Waals surface area contributed by atoms with Crippen molar-refractivity contribution in [1.82, 2.24) is 0 Å². The monoisotopic (exact) mass is 340 g/mol. The first-order valence-electron chi connectivity index (χ1n) is 6.80. The second kappa shape index (κ2) is 5.54. The molecule has 7 heteroatoms. The van der Waals surface area contributed by atoms with Crippen LogP contribution in [0, 0.1) is 0 Å². The van der Waals surface area contributed by atoms with Gasteiger partial charge in [0.15, 0.2) is 0 Å². The Balaban J connectivity index is 1.98. The number of β-lactam (4-membered cyclic amide) rings is 1. The molecule has 1 saturated heterocycles. The van der Waals surface area contributed by atoms with Gasteiger partial charge in [-0.1, -0.05) is 29.8 Å². The zero-order valence-corrected chi connectivity index (χ0v) is 12.5. The first-order chi connectivity index (χ1) is 10.8. The van der Waals surface area contributed by atoms with Crippen LogP contribution in [0.1, 0.15) is 17.2 Å². The minimum absolute atomic E-state index is 0.173. The van der Waals surface area contributed by atoms with Crippen molar-refractivity contribution in [3.63, 3.8) is 0 Å². The van der Waals surface area contributed by atoms with Crippen LogP contribution in [0.4, 0.5) is 18.9 Å². The highest BCUT2D eigenvalue weighted by Crippen LogP contribution is 2.40. The maximum absolute atomic E-state index is 12.8. The van der Waals surface area contributed by atoms with E-state index in [0.29, 0.717) is 5.02 Å². The molecule has 2 aromatic carbocycles. The number of hydrogen-bond donors (Lipinski definition) is 1. The van der Waals surface area contributed by atoms with Crippen LogP contribution in [0.15, 0.2) is 48.5 Å². The number of rotatable bonds is 2. The smallest absolute Gasteiger partial charge is 0.318 e. The molecule has 1 aliphatic rings. The van der Waals surface area contributed by atoms with E-state index in [1.807, 2.05) is 0 Å². The Morgan fingerprint density at radius 2 is 1.74 bits per heavy atom. The van der Waals surface area contributed by atoms with Crippen molar-refractivity contribution in [2.24, 2.45) is 5.73 Å². The number of carbonyl (C=O) groups excluding carboxylic acids is 1. The second-order valence-electron chi connectivity index (χ2n) is 5.28. The summed E-state index contributed by atoms with van der Waals surface area (Å²) in [5.74, 6) is -0.413. The topological polar surface area (TPSA) is 46.3 Å². The van der Waals surface area contributed by atoms with Gasteiger partial charge in [-0.3, -0.25) is 4.79 Å². The van der Waals surface area contributed by atoms with E-state index in [0.717, 1.165) is 17.7 Å². The summed E-state index contributed by atoms with van der Waals surface area (Å²) in [4.78, 5) is 13.3. The molecule has 2 atom stereocenters. The third kappa shape index (κ3) is 2.80. The molecular weight excluding hydrogens is 329 g/mol. The average molecular weight is 341 g/mol. The maximum atomic E-state index is 12.8. The number of nitrogens with zero attached hydrogens (tertiary/aromatic N) is 1. The highest BCUT2D eigenvalue weighted by atomic mass is 35.5. The SMILES string of the molecule is N[C@H]1C(=O)N(c2cccc(C(F)(F)F)c2)[C@@H]1c1ccc(Cl)cc1. The molecule has 1 amide bonds. The third-order valence-electron chi connectivity index (χ3n) is 3.80. The fraction of sp³-hybridized carbons (Fsp3) is 0.188. The molecule has 2 aromatic rings. The lowest BCUT2D eigenvalue weighted by Crippen LogP contribution is -2.63. The maximum Gasteiger partial charge on any atom is 0.416 e. The summed E-state index contributed by atoms with van der Waals surface area (Å²) in [5.41, 5.74) is 5.93. The van der Waals surface area contributed by atoms with Gasteiger partial charge in [-0.15, -0.1) is 0 Å². The Morgan fingerprint density at radius 1 is 1.09 bits per heavy atom. The van der Waals surface area contributed by atoms with E-state index in [-0.39, 0.29) is 5.69 Å². The number of carbonyl (C=O) groups is 1. The van der Waals surface area contributed by atoms with Crippen molar-refractivity contribution in [2.45, 2.75) is 18.3 Å². The molecule has 3 nitrogen and oxygen atoms in total. The molecule has 23 heavy (non-hydrogen) atoms. The van der Waals surface area contributed by atoms with E-state index in [1.165, 1.54) is 17.0 Å². The fourth-order valence-electron chi connectivity index (χ4n) is 2.65. The van der Waals surface area contributed by atoms with Crippen molar-refractivity contribution in [1.29, 1.82) is 0 Å². The molecule has 0 saturated carbocycles. The Bertz CT molecular complexity index is 746. The number of alkyl halides is 3. The van der Waals surface area contributed by atoms with Gasteiger partial charge in [0, 0.05) is 10.7 Å². The highest BCUT2D eigenvalue weighted by Gasteiger charge is 2.47. The van der Waals surface area contributed by atoms with E-state index in [1.54, 1.807) is 24.3 Å². The molecule has 0 aromatic heterocycles. The van der Waals surface area contributed by atoms with Crippen molar-refractivity contribution in [3.8, 4) is 0 Å². The largest absolute Gasteiger partial charge is 0.416 e. The van der Waals surface area contributed by atoms with E-state index in [9.17, 15) is 18.0 Å². The predicted molar refractivity (Wildman–Crippen MR) is 81.1 cm³/mol. The number of hydrogen-bond acceptors (Lipinski definition) is 2. The predicted octanol–water partition coefficient (Wildman–Crippen LogP) is 3.77. The number of benzene rings is 2. The number of anilines is 1. The van der Waals surface area contributed by atoms with Crippen LogP contribution in [0.25, 0.3) is 0 Å². The normalized spacial score (nSPS) is 21.3. The molecule has 120 valence electrons. The molecule has 0 spiro atoms. The average Bonchev–Trinajstić information content (AvgIpc) is 2.52. The summed E-state index contributed by atoms with van der Waals surface area (Å²) in [5, 5.41) is 0.526. The van der Waals surface area contributed by atoms with E-state index in [4.69, 9.17) is 17.3 Å². The number of amides is 1. The Hall–Kier alpha value is -2.05. The molecule has 1 fully saturated rings. The standard InChI is InChI=1S/C16H12ClF3N2O/c17-11-6-4-9(5-7-11)14-13(21)15(23)22(14)12-3-1-2-10(8-12)16(18,19)20/h1-8,13-14H,21H2/t13-,14-/m1/s1. The van der Waals surface area contributed by atoms with Crippen LogP contribution < -0.4 is 10.6 Å². The first-order valence-corrected chi connectivity index (χ1v) is 7.18. The van der Waals surface area contributed by atoms with Gasteiger partial charge in [0.1, 0.15) is 6.04 Å². The molecule has 3 rings (SSSR count). The molecule has 1 heterocycles. The van der Waals surface area contributed by atoms with E-state index >= 15 is 0 Å². The molecular formula is C16H12ClF3N2O. The van der Waals surface area contributed by atoms with Crippen LogP contribution in [-0.4, -0.2) is 11.9 Å². The van der Waals surface area contributed by atoms with Crippen LogP contribution >= 0.6 is 11.6 Å². The molecule has 1 aliphatic heterocycles. The van der Waals surface area contributed by atoms with Gasteiger partial charge in [0.05, 0.1) is 11.6 Å². The lowest BCUT2D eigenvalue weighted by atomic mass is 9.88. The summed E-state index contributed by atoms with van der Waals surface area (Å²) in [6, 6.07) is 10.1. The summed E-state index contributed by atoms with van der Waals surface area (Å²) in [6.07, 6.45) is -4.47. The van der Waals surface area contributed by atoms with Gasteiger partial charge < -0.3 is 10.6 Å². The Labute approximate surface area is 135 Å². The first kappa shape index (κ1) is 15.8. The number of halogens is 4. The van der Waals surface area contributed by atoms with Crippen LogP contribution in [0.2, 0.25) is 5.02 Å². The lowest BCUT2D eigenvalue weighted by molar-refractivity contribution is -0.137. The minimum atomic E-state index is -4.47.